The van der Waals surface area contributed by atoms with Crippen molar-refractivity contribution in [2.45, 2.75) is 18.9 Å². The van der Waals surface area contributed by atoms with Crippen molar-refractivity contribution in [1.82, 2.24) is 15.6 Å². The largest absolute Gasteiger partial charge is 0.478 e. The first-order chi connectivity index (χ1) is 10.0. The number of nitrogens with zero attached hydrogens (tertiary/aromatic N) is 1. The van der Waals surface area contributed by atoms with Gasteiger partial charge in [-0.15, -0.1) is 0 Å². The fourth-order valence-electron chi connectivity index (χ4n) is 1.97. The van der Waals surface area contributed by atoms with E-state index in [4.69, 9.17) is 5.11 Å². The monoisotopic (exact) mass is 289 g/mol. The summed E-state index contributed by atoms with van der Waals surface area (Å²) in [5.41, 5.74) is 0.876. The molecule has 7 heteroatoms. The number of carboxylic acid groups (broad SMARTS) is 1. The van der Waals surface area contributed by atoms with Crippen LogP contribution in [-0.4, -0.2) is 40.5 Å². The number of hydrogen-bond donors (Lipinski definition) is 3. The number of carboxylic acids is 1. The molecule has 2 heterocycles. The highest BCUT2D eigenvalue weighted by Gasteiger charge is 2.20. The number of amides is 2. The number of aromatic nitrogens is 1. The number of carbonyl (C=O) groups is 3. The van der Waals surface area contributed by atoms with Crippen LogP contribution in [0.15, 0.2) is 24.5 Å². The molecule has 1 unspecified atom stereocenters. The molecular formula is C14H15N3O4. The summed E-state index contributed by atoms with van der Waals surface area (Å²) < 4.78 is 0. The molecule has 0 radical (unpaired) electrons. The lowest BCUT2D eigenvalue weighted by molar-refractivity contribution is -0.131. The Kier molecular flexibility index (Phi) is 4.65. The summed E-state index contributed by atoms with van der Waals surface area (Å²) in [4.78, 5) is 37.5. The molecule has 7 nitrogen and oxygen atoms in total. The fourth-order valence-corrected chi connectivity index (χ4v) is 1.97. The summed E-state index contributed by atoms with van der Waals surface area (Å²) in [5.74, 6) is -1.38. The van der Waals surface area contributed by atoms with Gasteiger partial charge < -0.3 is 15.7 Å². The summed E-state index contributed by atoms with van der Waals surface area (Å²) in [6.45, 7) is 0.413. The molecule has 1 fully saturated rings. The van der Waals surface area contributed by atoms with Gasteiger partial charge in [0.2, 0.25) is 5.91 Å². The van der Waals surface area contributed by atoms with Gasteiger partial charge in [-0.2, -0.15) is 0 Å². The Bertz CT molecular complexity index is 588. The van der Waals surface area contributed by atoms with E-state index in [1.165, 1.54) is 18.5 Å². The van der Waals surface area contributed by atoms with Gasteiger partial charge in [-0.3, -0.25) is 14.6 Å². The molecule has 21 heavy (non-hydrogen) atoms. The minimum Gasteiger partial charge on any atom is -0.478 e. The van der Waals surface area contributed by atoms with Crippen LogP contribution >= 0.6 is 0 Å². The highest BCUT2D eigenvalue weighted by Crippen LogP contribution is 2.07. The molecule has 2 amide bonds. The Morgan fingerprint density at radius 3 is 2.90 bits per heavy atom. The van der Waals surface area contributed by atoms with E-state index in [2.05, 4.69) is 15.6 Å². The highest BCUT2D eigenvalue weighted by molar-refractivity contribution is 5.95. The van der Waals surface area contributed by atoms with Gasteiger partial charge in [0.05, 0.1) is 5.56 Å². The van der Waals surface area contributed by atoms with E-state index in [-0.39, 0.29) is 17.9 Å². The lowest BCUT2D eigenvalue weighted by Crippen LogP contribution is -2.47. The summed E-state index contributed by atoms with van der Waals surface area (Å²) in [6, 6.07) is 1.46. The SMILES string of the molecule is O=C(O)C=Cc1cncc(C(=O)NC2CCC(=O)NC2)c1. The Labute approximate surface area is 121 Å². The van der Waals surface area contributed by atoms with Crippen molar-refractivity contribution in [3.8, 4) is 0 Å². The predicted octanol–water partition coefficient (Wildman–Crippen LogP) is 0.188. The van der Waals surface area contributed by atoms with Gasteiger partial charge in [0.25, 0.3) is 5.91 Å². The van der Waals surface area contributed by atoms with Gasteiger partial charge in [-0.25, -0.2) is 4.79 Å². The van der Waals surface area contributed by atoms with Crippen molar-refractivity contribution in [2.75, 3.05) is 6.54 Å². The van der Waals surface area contributed by atoms with Crippen LogP contribution in [0.1, 0.15) is 28.8 Å². The van der Waals surface area contributed by atoms with Crippen LogP contribution < -0.4 is 10.6 Å². The molecule has 110 valence electrons. The number of hydrogen-bond acceptors (Lipinski definition) is 4. The van der Waals surface area contributed by atoms with Crippen LogP contribution in [0.3, 0.4) is 0 Å². The zero-order valence-electron chi connectivity index (χ0n) is 11.2. The van der Waals surface area contributed by atoms with Crippen molar-refractivity contribution < 1.29 is 19.5 Å². The zero-order chi connectivity index (χ0) is 15.2. The molecule has 0 aliphatic carbocycles. The van der Waals surface area contributed by atoms with E-state index in [1.807, 2.05) is 0 Å². The van der Waals surface area contributed by atoms with E-state index in [1.54, 1.807) is 6.07 Å². The number of carbonyl (C=O) groups excluding carboxylic acids is 2. The zero-order valence-corrected chi connectivity index (χ0v) is 11.2. The normalized spacial score (nSPS) is 18.3. The van der Waals surface area contributed by atoms with Crippen molar-refractivity contribution in [3.05, 3.63) is 35.7 Å². The van der Waals surface area contributed by atoms with Crippen LogP contribution in [0.25, 0.3) is 6.08 Å². The van der Waals surface area contributed by atoms with Crippen LogP contribution in [0.5, 0.6) is 0 Å². The standard InChI is InChI=1S/C14H15N3O4/c18-12-3-2-11(8-16-12)17-14(21)10-5-9(6-15-7-10)1-4-13(19)20/h1,4-7,11H,2-3,8H2,(H,16,18)(H,17,21)(H,19,20). The molecule has 1 aromatic rings. The summed E-state index contributed by atoms with van der Waals surface area (Å²) in [6.07, 6.45) is 6.22. The number of piperidine rings is 1. The Hall–Kier alpha value is -2.70. The van der Waals surface area contributed by atoms with Crippen molar-refractivity contribution in [2.24, 2.45) is 0 Å². The number of rotatable bonds is 4. The minimum atomic E-state index is -1.07. The third-order valence-corrected chi connectivity index (χ3v) is 3.04. The van der Waals surface area contributed by atoms with E-state index in [9.17, 15) is 14.4 Å². The molecule has 2 rings (SSSR count). The smallest absolute Gasteiger partial charge is 0.328 e. The third kappa shape index (κ3) is 4.41. The second-order valence-corrected chi connectivity index (χ2v) is 4.69. The Balaban J connectivity index is 2.00. The Morgan fingerprint density at radius 2 is 2.24 bits per heavy atom. The molecule has 1 aliphatic heterocycles. The van der Waals surface area contributed by atoms with Crippen molar-refractivity contribution in [3.63, 3.8) is 0 Å². The lowest BCUT2D eigenvalue weighted by atomic mass is 10.1. The number of nitrogens with one attached hydrogen (secondary N) is 2. The van der Waals surface area contributed by atoms with E-state index >= 15 is 0 Å². The minimum absolute atomic E-state index is 0.0111. The number of pyridine rings is 1. The quantitative estimate of drug-likeness (QED) is 0.686. The topological polar surface area (TPSA) is 108 Å². The van der Waals surface area contributed by atoms with Crippen LogP contribution in [0.4, 0.5) is 0 Å². The molecule has 0 spiro atoms. The maximum atomic E-state index is 12.1. The molecule has 0 bridgehead atoms. The Morgan fingerprint density at radius 1 is 1.43 bits per heavy atom. The molecule has 0 aromatic carbocycles. The summed E-state index contributed by atoms with van der Waals surface area (Å²) in [7, 11) is 0. The first-order valence-electron chi connectivity index (χ1n) is 6.48. The first kappa shape index (κ1) is 14.7. The van der Waals surface area contributed by atoms with E-state index < -0.39 is 5.97 Å². The van der Waals surface area contributed by atoms with E-state index in [0.29, 0.717) is 30.5 Å². The van der Waals surface area contributed by atoms with Crippen LogP contribution in [0.2, 0.25) is 0 Å². The van der Waals surface area contributed by atoms with Gasteiger partial charge in [0.15, 0.2) is 0 Å². The molecule has 1 atom stereocenters. The third-order valence-electron chi connectivity index (χ3n) is 3.04. The highest BCUT2D eigenvalue weighted by atomic mass is 16.4. The van der Waals surface area contributed by atoms with Gasteiger partial charge >= 0.3 is 5.97 Å². The second-order valence-electron chi connectivity index (χ2n) is 4.69. The van der Waals surface area contributed by atoms with Crippen LogP contribution in [0, 0.1) is 0 Å². The van der Waals surface area contributed by atoms with Crippen molar-refractivity contribution in [1.29, 1.82) is 0 Å². The summed E-state index contributed by atoms with van der Waals surface area (Å²) in [5, 5.41) is 14.1. The molecular weight excluding hydrogens is 274 g/mol. The first-order valence-corrected chi connectivity index (χ1v) is 6.48. The van der Waals surface area contributed by atoms with Crippen LogP contribution in [-0.2, 0) is 9.59 Å². The van der Waals surface area contributed by atoms with Crippen molar-refractivity contribution >= 4 is 23.9 Å². The average Bonchev–Trinajstić information content (AvgIpc) is 2.48. The molecule has 1 aliphatic rings. The van der Waals surface area contributed by atoms with Gasteiger partial charge in [0.1, 0.15) is 0 Å². The van der Waals surface area contributed by atoms with Gasteiger partial charge in [0, 0.05) is 37.5 Å². The fraction of sp³-hybridized carbons (Fsp3) is 0.286. The predicted molar refractivity (Wildman–Crippen MR) is 74.4 cm³/mol. The second kappa shape index (κ2) is 6.65. The lowest BCUT2D eigenvalue weighted by Gasteiger charge is -2.23. The average molecular weight is 289 g/mol. The maximum absolute atomic E-state index is 12.1. The van der Waals surface area contributed by atoms with Gasteiger partial charge in [-0.1, -0.05) is 0 Å². The number of aliphatic carboxylic acids is 1. The van der Waals surface area contributed by atoms with Gasteiger partial charge in [-0.05, 0) is 24.1 Å². The molecule has 3 N–H and O–H groups in total. The summed E-state index contributed by atoms with van der Waals surface area (Å²) >= 11 is 0. The molecule has 1 aromatic heterocycles. The molecule has 0 saturated carbocycles. The van der Waals surface area contributed by atoms with E-state index in [0.717, 1.165) is 6.08 Å². The molecule has 1 saturated heterocycles. The maximum Gasteiger partial charge on any atom is 0.328 e.